The zero-order valence-corrected chi connectivity index (χ0v) is 14.4. The molecular weight excluding hydrogens is 324 g/mol. The van der Waals surface area contributed by atoms with Gasteiger partial charge in [0, 0.05) is 18.7 Å². The Morgan fingerprint density at radius 2 is 1.69 bits per heavy atom. The first-order chi connectivity index (χ1) is 12.7. The number of anilines is 1. The lowest BCUT2D eigenvalue weighted by molar-refractivity contribution is -0.121. The van der Waals surface area contributed by atoms with Gasteiger partial charge < -0.3 is 10.2 Å². The number of carbonyl (C=O) groups excluding carboxylic acids is 2. The van der Waals surface area contributed by atoms with Crippen LogP contribution in [0.15, 0.2) is 72.8 Å². The molecule has 0 bridgehead atoms. The van der Waals surface area contributed by atoms with Crippen LogP contribution in [0, 0.1) is 0 Å². The van der Waals surface area contributed by atoms with E-state index in [0.717, 1.165) is 22.0 Å². The van der Waals surface area contributed by atoms with E-state index in [2.05, 4.69) is 5.32 Å². The number of rotatable bonds is 4. The van der Waals surface area contributed by atoms with Crippen molar-refractivity contribution < 1.29 is 9.59 Å². The van der Waals surface area contributed by atoms with Crippen molar-refractivity contribution in [2.45, 2.75) is 18.9 Å². The molecule has 0 aromatic heterocycles. The molecule has 3 aromatic carbocycles. The Labute approximate surface area is 152 Å². The second-order valence-corrected chi connectivity index (χ2v) is 6.62. The van der Waals surface area contributed by atoms with Crippen LogP contribution >= 0.6 is 0 Å². The Morgan fingerprint density at radius 3 is 2.54 bits per heavy atom. The predicted octanol–water partition coefficient (Wildman–Crippen LogP) is 3.30. The number of carbonyl (C=O) groups is 2. The number of fused-ring (bicyclic) bond motifs is 1. The third-order valence-corrected chi connectivity index (χ3v) is 4.79. The first-order valence-electron chi connectivity index (χ1n) is 8.82. The minimum absolute atomic E-state index is 0.0472. The summed E-state index contributed by atoms with van der Waals surface area (Å²) in [7, 11) is 0. The molecule has 4 nitrogen and oxygen atoms in total. The molecule has 130 valence electrons. The van der Waals surface area contributed by atoms with Gasteiger partial charge >= 0.3 is 0 Å². The molecule has 4 heteroatoms. The molecule has 0 saturated carbocycles. The molecule has 2 amide bonds. The molecule has 0 aliphatic carbocycles. The number of hydrogen-bond acceptors (Lipinski definition) is 2. The van der Waals surface area contributed by atoms with Gasteiger partial charge in [-0.3, -0.25) is 9.59 Å². The summed E-state index contributed by atoms with van der Waals surface area (Å²) in [6.07, 6.45) is 0.660. The van der Waals surface area contributed by atoms with E-state index >= 15 is 0 Å². The van der Waals surface area contributed by atoms with Gasteiger partial charge in [0.1, 0.15) is 0 Å². The summed E-state index contributed by atoms with van der Waals surface area (Å²) >= 11 is 0. The molecule has 0 spiro atoms. The van der Waals surface area contributed by atoms with Crippen LogP contribution in [-0.2, 0) is 16.0 Å². The fourth-order valence-corrected chi connectivity index (χ4v) is 3.56. The number of para-hydroxylation sites is 1. The van der Waals surface area contributed by atoms with E-state index < -0.39 is 0 Å². The van der Waals surface area contributed by atoms with E-state index in [-0.39, 0.29) is 17.9 Å². The van der Waals surface area contributed by atoms with E-state index in [0.29, 0.717) is 19.4 Å². The van der Waals surface area contributed by atoms with E-state index in [1.807, 2.05) is 72.8 Å². The van der Waals surface area contributed by atoms with E-state index in [1.54, 1.807) is 4.90 Å². The molecule has 1 N–H and O–H groups in total. The fourth-order valence-electron chi connectivity index (χ4n) is 3.56. The monoisotopic (exact) mass is 344 g/mol. The van der Waals surface area contributed by atoms with Gasteiger partial charge in [-0.15, -0.1) is 0 Å². The summed E-state index contributed by atoms with van der Waals surface area (Å²) < 4.78 is 0. The quantitative estimate of drug-likeness (QED) is 0.789. The number of hydrogen-bond donors (Lipinski definition) is 1. The van der Waals surface area contributed by atoms with Gasteiger partial charge in [0.2, 0.25) is 11.8 Å². The molecule has 4 rings (SSSR count). The van der Waals surface area contributed by atoms with Crippen LogP contribution in [0.3, 0.4) is 0 Å². The van der Waals surface area contributed by atoms with Crippen LogP contribution < -0.4 is 10.2 Å². The first kappa shape index (κ1) is 16.3. The van der Waals surface area contributed by atoms with Crippen molar-refractivity contribution in [2.24, 2.45) is 0 Å². The lowest BCUT2D eigenvalue weighted by atomic mass is 10.0. The van der Waals surface area contributed by atoms with Gasteiger partial charge in [-0.05, 0) is 28.5 Å². The minimum atomic E-state index is -0.148. The molecule has 1 aliphatic rings. The minimum Gasteiger partial charge on any atom is -0.351 e. The summed E-state index contributed by atoms with van der Waals surface area (Å²) in [6.45, 7) is 0.518. The summed E-state index contributed by atoms with van der Waals surface area (Å²) in [5, 5.41) is 5.25. The third kappa shape index (κ3) is 3.31. The van der Waals surface area contributed by atoms with E-state index in [1.165, 1.54) is 0 Å². The van der Waals surface area contributed by atoms with Crippen molar-refractivity contribution in [1.29, 1.82) is 0 Å². The highest BCUT2D eigenvalue weighted by molar-refractivity contribution is 5.97. The van der Waals surface area contributed by atoms with Gasteiger partial charge in [0.25, 0.3) is 0 Å². The third-order valence-electron chi connectivity index (χ3n) is 4.79. The van der Waals surface area contributed by atoms with E-state index in [4.69, 9.17) is 0 Å². The Bertz CT molecular complexity index is 947. The highest BCUT2D eigenvalue weighted by Crippen LogP contribution is 2.22. The molecular formula is C22H20N2O2. The predicted molar refractivity (Wildman–Crippen MR) is 103 cm³/mol. The van der Waals surface area contributed by atoms with Gasteiger partial charge in [0.15, 0.2) is 0 Å². The number of nitrogens with one attached hydrogen (secondary N) is 1. The molecule has 1 atom stereocenters. The molecule has 0 radical (unpaired) electrons. The zero-order chi connectivity index (χ0) is 17.9. The highest BCUT2D eigenvalue weighted by atomic mass is 16.2. The summed E-state index contributed by atoms with van der Waals surface area (Å²) in [4.78, 5) is 26.5. The summed E-state index contributed by atoms with van der Waals surface area (Å²) in [6, 6.07) is 23.5. The lowest BCUT2D eigenvalue weighted by Crippen LogP contribution is -2.38. The average molecular weight is 344 g/mol. The van der Waals surface area contributed by atoms with Crippen molar-refractivity contribution in [3.63, 3.8) is 0 Å². The van der Waals surface area contributed by atoms with Crippen LogP contribution in [0.1, 0.15) is 12.0 Å². The number of amides is 2. The van der Waals surface area contributed by atoms with Crippen molar-refractivity contribution in [3.8, 4) is 0 Å². The molecule has 1 aliphatic heterocycles. The Morgan fingerprint density at radius 1 is 0.962 bits per heavy atom. The van der Waals surface area contributed by atoms with Gasteiger partial charge in [-0.2, -0.15) is 0 Å². The van der Waals surface area contributed by atoms with Crippen LogP contribution in [0.4, 0.5) is 5.69 Å². The van der Waals surface area contributed by atoms with Crippen molar-refractivity contribution >= 4 is 28.3 Å². The zero-order valence-electron chi connectivity index (χ0n) is 14.4. The molecule has 1 fully saturated rings. The Kier molecular flexibility index (Phi) is 4.40. The highest BCUT2D eigenvalue weighted by Gasteiger charge is 2.31. The smallest absolute Gasteiger partial charge is 0.229 e. The molecule has 1 saturated heterocycles. The SMILES string of the molecule is O=C(Cc1cccc2ccccc12)N[C@H]1CC(=O)N(c2ccccc2)C1. The van der Waals surface area contributed by atoms with Crippen molar-refractivity contribution in [2.75, 3.05) is 11.4 Å². The number of benzene rings is 3. The molecule has 0 unspecified atom stereocenters. The van der Waals surface area contributed by atoms with Crippen LogP contribution in [-0.4, -0.2) is 24.4 Å². The summed E-state index contributed by atoms with van der Waals surface area (Å²) in [5.41, 5.74) is 1.88. The van der Waals surface area contributed by atoms with Crippen molar-refractivity contribution in [3.05, 3.63) is 78.4 Å². The average Bonchev–Trinajstić information content (AvgIpc) is 3.03. The van der Waals surface area contributed by atoms with Gasteiger partial charge in [-0.25, -0.2) is 0 Å². The maximum absolute atomic E-state index is 12.5. The second-order valence-electron chi connectivity index (χ2n) is 6.62. The van der Waals surface area contributed by atoms with Crippen LogP contribution in [0.2, 0.25) is 0 Å². The fraction of sp³-hybridized carbons (Fsp3) is 0.182. The number of nitrogens with zero attached hydrogens (tertiary/aromatic N) is 1. The first-order valence-corrected chi connectivity index (χ1v) is 8.82. The maximum Gasteiger partial charge on any atom is 0.229 e. The summed E-state index contributed by atoms with van der Waals surface area (Å²) in [5.74, 6) is 0.000672. The molecule has 26 heavy (non-hydrogen) atoms. The maximum atomic E-state index is 12.5. The lowest BCUT2D eigenvalue weighted by Gasteiger charge is -2.17. The Hall–Kier alpha value is -3.14. The topological polar surface area (TPSA) is 49.4 Å². The normalized spacial score (nSPS) is 16.8. The standard InChI is InChI=1S/C22H20N2O2/c25-21(13-17-9-6-8-16-7-4-5-12-20(16)17)23-18-14-22(26)24(15-18)19-10-2-1-3-11-19/h1-12,18H,13-15H2,(H,23,25)/t18-/m0/s1. The Balaban J connectivity index is 1.43. The van der Waals surface area contributed by atoms with Gasteiger partial charge in [-0.1, -0.05) is 60.7 Å². The van der Waals surface area contributed by atoms with Crippen LogP contribution in [0.5, 0.6) is 0 Å². The van der Waals surface area contributed by atoms with Gasteiger partial charge in [0.05, 0.1) is 12.5 Å². The van der Waals surface area contributed by atoms with Crippen LogP contribution in [0.25, 0.3) is 10.8 Å². The second kappa shape index (κ2) is 7.00. The molecule has 3 aromatic rings. The van der Waals surface area contributed by atoms with E-state index in [9.17, 15) is 9.59 Å². The molecule has 1 heterocycles. The largest absolute Gasteiger partial charge is 0.351 e. The van der Waals surface area contributed by atoms with Crippen molar-refractivity contribution in [1.82, 2.24) is 5.32 Å².